The zero-order valence-corrected chi connectivity index (χ0v) is 6.58. The molecule has 78 valence electrons. The lowest BCUT2D eigenvalue weighted by Gasteiger charge is -2.08. The number of rotatable bonds is 1. The maximum Gasteiger partial charge on any atom is 0.416 e. The molecule has 0 spiro atoms. The van der Waals surface area contributed by atoms with E-state index in [4.69, 9.17) is 0 Å². The van der Waals surface area contributed by atoms with Crippen LogP contribution in [0.5, 0.6) is 0 Å². The summed E-state index contributed by atoms with van der Waals surface area (Å²) >= 11 is 0. The van der Waals surface area contributed by atoms with E-state index in [-0.39, 0.29) is 6.07 Å². The van der Waals surface area contributed by atoms with Crippen molar-refractivity contribution in [2.45, 2.75) is 12.6 Å². The van der Waals surface area contributed by atoms with Gasteiger partial charge in [-0.1, -0.05) is 0 Å². The summed E-state index contributed by atoms with van der Waals surface area (Å²) in [5.74, 6) is -1.34. The van der Waals surface area contributed by atoms with Gasteiger partial charge in [-0.2, -0.15) is 13.2 Å². The van der Waals surface area contributed by atoms with Gasteiger partial charge in [0.15, 0.2) is 0 Å². The monoisotopic (exact) mass is 214 g/mol. The van der Waals surface area contributed by atoms with Crippen molar-refractivity contribution in [3.8, 4) is 0 Å². The van der Waals surface area contributed by atoms with Crippen molar-refractivity contribution in [3.63, 3.8) is 0 Å². The molecule has 0 radical (unpaired) electrons. The quantitative estimate of drug-likeness (QED) is 0.624. The fourth-order valence-electron chi connectivity index (χ4n) is 0.887. The summed E-state index contributed by atoms with van der Waals surface area (Å²) in [6.07, 6.45) is -7.99. The lowest BCUT2D eigenvalue weighted by Crippen LogP contribution is -2.06. The molecule has 0 amide bonds. The Morgan fingerprint density at radius 1 is 1.07 bits per heavy atom. The van der Waals surface area contributed by atoms with E-state index in [1.54, 1.807) is 0 Å². The van der Waals surface area contributed by atoms with Crippen LogP contribution < -0.4 is 0 Å². The summed E-state index contributed by atoms with van der Waals surface area (Å²) in [6, 6.07) is 0.908. The predicted molar refractivity (Wildman–Crippen MR) is 36.4 cm³/mol. The minimum atomic E-state index is -4.74. The molecule has 1 aromatic carbocycles. The molecule has 0 fully saturated rings. The molecule has 0 heterocycles. The van der Waals surface area contributed by atoms with Gasteiger partial charge in [0.25, 0.3) is 6.43 Å². The molecule has 0 N–H and O–H groups in total. The second-order valence-corrected chi connectivity index (χ2v) is 2.53. The van der Waals surface area contributed by atoms with Crippen LogP contribution in [-0.2, 0) is 6.18 Å². The molecular formula is C8H4F6. The third-order valence-corrected chi connectivity index (χ3v) is 1.56. The summed E-state index contributed by atoms with van der Waals surface area (Å²) in [7, 11) is 0. The highest BCUT2D eigenvalue weighted by Gasteiger charge is 2.32. The molecule has 1 rings (SSSR count). The minimum Gasteiger partial charge on any atom is -0.206 e. The van der Waals surface area contributed by atoms with Gasteiger partial charge in [0.05, 0.1) is 11.1 Å². The zero-order valence-electron chi connectivity index (χ0n) is 6.58. The number of halogens is 6. The first-order chi connectivity index (χ1) is 6.32. The smallest absolute Gasteiger partial charge is 0.206 e. The molecule has 0 aliphatic rings. The van der Waals surface area contributed by atoms with E-state index < -0.39 is 29.5 Å². The number of benzene rings is 1. The van der Waals surface area contributed by atoms with Crippen molar-refractivity contribution in [3.05, 3.63) is 35.1 Å². The Kier molecular flexibility index (Phi) is 2.73. The van der Waals surface area contributed by atoms with Crippen LogP contribution in [0.15, 0.2) is 18.2 Å². The third-order valence-electron chi connectivity index (χ3n) is 1.56. The zero-order chi connectivity index (χ0) is 10.9. The molecule has 0 nitrogen and oxygen atoms in total. The van der Waals surface area contributed by atoms with E-state index in [2.05, 4.69) is 0 Å². The molecule has 0 aromatic heterocycles. The first-order valence-corrected chi connectivity index (χ1v) is 3.47. The van der Waals surface area contributed by atoms with Crippen LogP contribution in [0.25, 0.3) is 0 Å². The molecule has 0 unspecified atom stereocenters. The van der Waals surface area contributed by atoms with Gasteiger partial charge < -0.3 is 0 Å². The number of hydrogen-bond donors (Lipinski definition) is 0. The Labute approximate surface area is 75.2 Å². The highest BCUT2D eigenvalue weighted by atomic mass is 19.4. The van der Waals surface area contributed by atoms with Crippen LogP contribution in [0.1, 0.15) is 17.6 Å². The lowest BCUT2D eigenvalue weighted by atomic mass is 10.1. The second kappa shape index (κ2) is 3.51. The first kappa shape index (κ1) is 10.9. The second-order valence-electron chi connectivity index (χ2n) is 2.53. The fourth-order valence-corrected chi connectivity index (χ4v) is 0.887. The van der Waals surface area contributed by atoms with Gasteiger partial charge >= 0.3 is 6.18 Å². The van der Waals surface area contributed by atoms with Crippen molar-refractivity contribution in [2.75, 3.05) is 0 Å². The Morgan fingerprint density at radius 2 is 1.64 bits per heavy atom. The molecule has 0 atom stereocenters. The Hall–Kier alpha value is -1.20. The average molecular weight is 214 g/mol. The van der Waals surface area contributed by atoms with Gasteiger partial charge in [-0.15, -0.1) is 0 Å². The van der Waals surface area contributed by atoms with Crippen molar-refractivity contribution in [1.82, 2.24) is 0 Å². The topological polar surface area (TPSA) is 0 Å². The summed E-state index contributed by atoms with van der Waals surface area (Å²) in [6.45, 7) is 0. The van der Waals surface area contributed by atoms with E-state index in [0.717, 1.165) is 0 Å². The average Bonchev–Trinajstić information content (AvgIpc) is 2.02. The van der Waals surface area contributed by atoms with E-state index in [1.165, 1.54) is 0 Å². The molecule has 14 heavy (non-hydrogen) atoms. The van der Waals surface area contributed by atoms with Crippen molar-refractivity contribution < 1.29 is 26.3 Å². The van der Waals surface area contributed by atoms with E-state index in [0.29, 0.717) is 12.1 Å². The Bertz CT molecular complexity index is 327. The van der Waals surface area contributed by atoms with Crippen LogP contribution in [0.2, 0.25) is 0 Å². The molecule has 0 bridgehead atoms. The Morgan fingerprint density at radius 3 is 2.07 bits per heavy atom. The molecular weight excluding hydrogens is 210 g/mol. The van der Waals surface area contributed by atoms with Gasteiger partial charge in [0.1, 0.15) is 5.82 Å². The third kappa shape index (κ3) is 2.18. The molecule has 0 saturated heterocycles. The van der Waals surface area contributed by atoms with Crippen LogP contribution >= 0.6 is 0 Å². The molecule has 0 aliphatic carbocycles. The van der Waals surface area contributed by atoms with Crippen molar-refractivity contribution >= 4 is 0 Å². The minimum absolute atomic E-state index is 0.111. The summed E-state index contributed by atoms with van der Waals surface area (Å²) in [5, 5.41) is 0. The molecule has 0 aliphatic heterocycles. The predicted octanol–water partition coefficient (Wildman–Crippen LogP) is 3.78. The fraction of sp³-hybridized carbons (Fsp3) is 0.250. The molecule has 6 heteroatoms. The van der Waals surface area contributed by atoms with Gasteiger partial charge in [-0.05, 0) is 18.2 Å². The van der Waals surface area contributed by atoms with E-state index in [1.807, 2.05) is 0 Å². The number of alkyl halides is 5. The SMILES string of the molecule is Fc1ccc(C(F)(F)F)cc1C(F)F. The highest BCUT2D eigenvalue weighted by molar-refractivity contribution is 5.27. The largest absolute Gasteiger partial charge is 0.416 e. The van der Waals surface area contributed by atoms with Crippen molar-refractivity contribution in [2.24, 2.45) is 0 Å². The van der Waals surface area contributed by atoms with E-state index >= 15 is 0 Å². The number of hydrogen-bond acceptors (Lipinski definition) is 0. The molecule has 0 saturated carbocycles. The summed E-state index contributed by atoms with van der Waals surface area (Å²) in [4.78, 5) is 0. The van der Waals surface area contributed by atoms with Crippen LogP contribution in [0.3, 0.4) is 0 Å². The highest BCUT2D eigenvalue weighted by Crippen LogP contribution is 2.32. The Balaban J connectivity index is 3.20. The molecule has 1 aromatic rings. The lowest BCUT2D eigenvalue weighted by molar-refractivity contribution is -0.137. The van der Waals surface area contributed by atoms with Gasteiger partial charge in [-0.3, -0.25) is 0 Å². The maximum absolute atomic E-state index is 12.6. The van der Waals surface area contributed by atoms with Gasteiger partial charge in [-0.25, -0.2) is 13.2 Å². The normalized spacial score (nSPS) is 12.2. The van der Waals surface area contributed by atoms with Gasteiger partial charge in [0.2, 0.25) is 0 Å². The van der Waals surface area contributed by atoms with Crippen LogP contribution in [0.4, 0.5) is 26.3 Å². The van der Waals surface area contributed by atoms with E-state index in [9.17, 15) is 26.3 Å². The standard InChI is InChI=1S/C8H4F6/c9-6-2-1-4(8(12,13)14)3-5(6)7(10)11/h1-3,7H. The summed E-state index contributed by atoms with van der Waals surface area (Å²) < 4.78 is 72.5. The van der Waals surface area contributed by atoms with Gasteiger partial charge in [0, 0.05) is 0 Å². The summed E-state index contributed by atoms with van der Waals surface area (Å²) in [5.41, 5.74) is -2.52. The maximum atomic E-state index is 12.6. The van der Waals surface area contributed by atoms with Crippen molar-refractivity contribution in [1.29, 1.82) is 0 Å². The van der Waals surface area contributed by atoms with Crippen LogP contribution in [0, 0.1) is 5.82 Å². The first-order valence-electron chi connectivity index (χ1n) is 3.47. The van der Waals surface area contributed by atoms with Crippen LogP contribution in [-0.4, -0.2) is 0 Å².